The first-order chi connectivity index (χ1) is 11.6. The van der Waals surface area contributed by atoms with Crippen LogP contribution >= 0.6 is 0 Å². The predicted octanol–water partition coefficient (Wildman–Crippen LogP) is 1.85. The summed E-state index contributed by atoms with van der Waals surface area (Å²) in [5.41, 5.74) is 0.434. The van der Waals surface area contributed by atoms with E-state index in [0.29, 0.717) is 24.0 Å². The Morgan fingerprint density at radius 1 is 1.25 bits per heavy atom. The van der Waals surface area contributed by atoms with Gasteiger partial charge in [-0.1, -0.05) is 25.1 Å². The second kappa shape index (κ2) is 6.62. The van der Waals surface area contributed by atoms with Crippen molar-refractivity contribution in [3.8, 4) is 6.07 Å². The molecule has 2 aliphatic heterocycles. The van der Waals surface area contributed by atoms with Crippen LogP contribution in [0.5, 0.6) is 0 Å². The van der Waals surface area contributed by atoms with Crippen LogP contribution in [0, 0.1) is 11.3 Å². The number of nitriles is 1. The van der Waals surface area contributed by atoms with Crippen LogP contribution in [0.4, 0.5) is 4.79 Å². The van der Waals surface area contributed by atoms with Gasteiger partial charge in [0, 0.05) is 13.1 Å². The number of imide groups is 1. The van der Waals surface area contributed by atoms with E-state index >= 15 is 0 Å². The Morgan fingerprint density at radius 3 is 2.62 bits per heavy atom. The number of rotatable bonds is 4. The van der Waals surface area contributed by atoms with E-state index in [9.17, 15) is 14.9 Å². The molecule has 1 aromatic carbocycles. The summed E-state index contributed by atoms with van der Waals surface area (Å²) in [4.78, 5) is 28.9. The molecule has 6 nitrogen and oxygen atoms in total. The highest BCUT2D eigenvalue weighted by Crippen LogP contribution is 2.30. The highest BCUT2D eigenvalue weighted by Gasteiger charge is 2.52. The molecule has 2 fully saturated rings. The minimum atomic E-state index is -0.761. The average molecular weight is 326 g/mol. The van der Waals surface area contributed by atoms with E-state index in [1.54, 1.807) is 18.2 Å². The predicted molar refractivity (Wildman–Crippen MR) is 88.9 cm³/mol. The van der Waals surface area contributed by atoms with E-state index in [1.165, 1.54) is 4.90 Å². The van der Waals surface area contributed by atoms with Crippen LogP contribution in [0.2, 0.25) is 0 Å². The third kappa shape index (κ3) is 2.87. The van der Waals surface area contributed by atoms with Gasteiger partial charge in [0.15, 0.2) is 0 Å². The zero-order valence-electron chi connectivity index (χ0n) is 13.9. The Labute approximate surface area is 142 Å². The molecule has 3 amide bonds. The first kappa shape index (κ1) is 16.5. The zero-order chi connectivity index (χ0) is 17.2. The molecule has 0 radical (unpaired) electrons. The lowest BCUT2D eigenvalue weighted by Gasteiger charge is -2.37. The lowest BCUT2D eigenvalue weighted by Crippen LogP contribution is -2.54. The maximum Gasteiger partial charge on any atom is 0.325 e. The van der Waals surface area contributed by atoms with E-state index in [0.717, 1.165) is 26.1 Å². The molecule has 3 rings (SSSR count). The fourth-order valence-corrected chi connectivity index (χ4v) is 3.57. The van der Waals surface area contributed by atoms with Gasteiger partial charge in [-0.3, -0.25) is 9.69 Å². The molecule has 0 unspecified atom stereocenters. The smallest absolute Gasteiger partial charge is 0.323 e. The average Bonchev–Trinajstić information content (AvgIpc) is 2.82. The molecule has 0 aliphatic carbocycles. The Hall–Kier alpha value is -2.39. The van der Waals surface area contributed by atoms with Crippen molar-refractivity contribution in [1.82, 2.24) is 15.1 Å². The highest BCUT2D eigenvalue weighted by atomic mass is 16.2. The summed E-state index contributed by atoms with van der Waals surface area (Å²) < 4.78 is 0. The first-order valence-corrected chi connectivity index (χ1v) is 8.44. The Balaban J connectivity index is 1.74. The van der Waals surface area contributed by atoms with Crippen molar-refractivity contribution in [2.24, 2.45) is 0 Å². The van der Waals surface area contributed by atoms with Crippen molar-refractivity contribution in [3.05, 3.63) is 35.4 Å². The number of amides is 3. The molecule has 0 atom stereocenters. The minimum Gasteiger partial charge on any atom is -0.323 e. The van der Waals surface area contributed by atoms with Crippen LogP contribution in [0.15, 0.2) is 24.3 Å². The summed E-state index contributed by atoms with van der Waals surface area (Å²) in [6, 6.07) is 8.84. The number of nitrogens with zero attached hydrogens (tertiary/aromatic N) is 3. The van der Waals surface area contributed by atoms with Crippen LogP contribution in [-0.4, -0.2) is 46.9 Å². The number of hydrogen-bond acceptors (Lipinski definition) is 4. The standard InChI is InChI=1S/C18H22N4O2/c1-2-9-21-10-7-18(8-11-21)16(23)22(17(24)20-18)13-15-6-4-3-5-14(15)12-19/h3-6H,2,7-11,13H2,1H3,(H,20,24). The molecular formula is C18H22N4O2. The number of nitrogens with one attached hydrogen (secondary N) is 1. The monoisotopic (exact) mass is 326 g/mol. The number of likely N-dealkylation sites (tertiary alicyclic amines) is 1. The summed E-state index contributed by atoms with van der Waals surface area (Å²) >= 11 is 0. The molecule has 1 spiro atoms. The topological polar surface area (TPSA) is 76.4 Å². The summed E-state index contributed by atoms with van der Waals surface area (Å²) in [7, 11) is 0. The minimum absolute atomic E-state index is 0.148. The summed E-state index contributed by atoms with van der Waals surface area (Å²) in [6.45, 7) is 4.96. The number of carbonyl (C=O) groups excluding carboxylic acids is 2. The van der Waals surface area contributed by atoms with Crippen LogP contribution in [-0.2, 0) is 11.3 Å². The van der Waals surface area contributed by atoms with Crippen molar-refractivity contribution in [3.63, 3.8) is 0 Å². The van der Waals surface area contributed by atoms with Gasteiger partial charge in [-0.05, 0) is 37.4 Å². The largest absolute Gasteiger partial charge is 0.325 e. The molecule has 0 bridgehead atoms. The fraction of sp³-hybridized carbons (Fsp3) is 0.500. The third-order valence-corrected chi connectivity index (χ3v) is 4.96. The van der Waals surface area contributed by atoms with Gasteiger partial charge in [-0.15, -0.1) is 0 Å². The van der Waals surface area contributed by atoms with Gasteiger partial charge >= 0.3 is 6.03 Å². The number of hydrogen-bond donors (Lipinski definition) is 1. The molecule has 2 heterocycles. The van der Waals surface area contributed by atoms with Crippen LogP contribution in [0.1, 0.15) is 37.3 Å². The van der Waals surface area contributed by atoms with Gasteiger partial charge < -0.3 is 10.2 Å². The summed E-state index contributed by atoms with van der Waals surface area (Å²) in [6.07, 6.45) is 2.38. The van der Waals surface area contributed by atoms with Crippen molar-refractivity contribution in [2.75, 3.05) is 19.6 Å². The van der Waals surface area contributed by atoms with Crippen LogP contribution in [0.3, 0.4) is 0 Å². The van der Waals surface area contributed by atoms with Crippen molar-refractivity contribution >= 4 is 11.9 Å². The quantitative estimate of drug-likeness (QED) is 0.857. The molecule has 24 heavy (non-hydrogen) atoms. The molecule has 0 saturated carbocycles. The molecule has 0 aromatic heterocycles. The SMILES string of the molecule is CCCN1CCC2(CC1)NC(=O)N(Cc1ccccc1C#N)C2=O. The molecular weight excluding hydrogens is 304 g/mol. The normalized spacial score (nSPS) is 20.2. The Kier molecular flexibility index (Phi) is 4.54. The second-order valence-electron chi connectivity index (χ2n) is 6.51. The Bertz CT molecular complexity index is 687. The molecule has 6 heteroatoms. The van der Waals surface area contributed by atoms with Crippen molar-refractivity contribution in [2.45, 2.75) is 38.3 Å². The van der Waals surface area contributed by atoms with E-state index in [-0.39, 0.29) is 18.5 Å². The first-order valence-electron chi connectivity index (χ1n) is 8.44. The molecule has 126 valence electrons. The maximum atomic E-state index is 12.9. The lowest BCUT2D eigenvalue weighted by molar-refractivity contribution is -0.133. The van der Waals surface area contributed by atoms with Gasteiger partial charge in [-0.25, -0.2) is 4.79 Å². The van der Waals surface area contributed by atoms with E-state index in [1.807, 2.05) is 6.07 Å². The van der Waals surface area contributed by atoms with Crippen LogP contribution < -0.4 is 5.32 Å². The summed E-state index contributed by atoms with van der Waals surface area (Å²) in [5.74, 6) is -0.156. The fourth-order valence-electron chi connectivity index (χ4n) is 3.57. The van der Waals surface area contributed by atoms with E-state index < -0.39 is 5.54 Å². The van der Waals surface area contributed by atoms with Gasteiger partial charge in [0.05, 0.1) is 18.2 Å². The highest BCUT2D eigenvalue weighted by molar-refractivity contribution is 6.07. The van der Waals surface area contributed by atoms with E-state index in [2.05, 4.69) is 23.2 Å². The van der Waals surface area contributed by atoms with Gasteiger partial charge in [0.25, 0.3) is 5.91 Å². The Morgan fingerprint density at radius 2 is 1.96 bits per heavy atom. The molecule has 2 aliphatic rings. The molecule has 1 N–H and O–H groups in total. The number of carbonyl (C=O) groups is 2. The van der Waals surface area contributed by atoms with E-state index in [4.69, 9.17) is 0 Å². The van der Waals surface area contributed by atoms with Gasteiger partial charge in [0.1, 0.15) is 5.54 Å². The van der Waals surface area contributed by atoms with Crippen molar-refractivity contribution < 1.29 is 9.59 Å². The van der Waals surface area contributed by atoms with Gasteiger partial charge in [0.2, 0.25) is 0 Å². The second-order valence-corrected chi connectivity index (χ2v) is 6.51. The van der Waals surface area contributed by atoms with Crippen molar-refractivity contribution in [1.29, 1.82) is 5.26 Å². The maximum absolute atomic E-state index is 12.9. The zero-order valence-corrected chi connectivity index (χ0v) is 13.9. The summed E-state index contributed by atoms with van der Waals surface area (Å²) in [5, 5.41) is 12.1. The lowest BCUT2D eigenvalue weighted by atomic mass is 9.87. The number of benzene rings is 1. The van der Waals surface area contributed by atoms with Gasteiger partial charge in [-0.2, -0.15) is 5.26 Å². The third-order valence-electron chi connectivity index (χ3n) is 4.96. The molecule has 2 saturated heterocycles. The molecule has 1 aromatic rings. The number of piperidine rings is 1. The number of urea groups is 1. The van der Waals surface area contributed by atoms with Crippen LogP contribution in [0.25, 0.3) is 0 Å².